The van der Waals surface area contributed by atoms with Crippen LogP contribution in [-0.4, -0.2) is 47.3 Å². The molecule has 0 saturated heterocycles. The van der Waals surface area contributed by atoms with Gasteiger partial charge in [-0.15, -0.1) is 0 Å². The fraction of sp³-hybridized carbons (Fsp3) is 0.481. The molecule has 2 rings (SSSR count). The normalized spacial score (nSPS) is 12.1. The predicted octanol–water partition coefficient (Wildman–Crippen LogP) is 4.77. The Morgan fingerprint density at radius 1 is 1.03 bits per heavy atom. The second kappa shape index (κ2) is 12.8. The van der Waals surface area contributed by atoms with Crippen LogP contribution >= 0.6 is 0 Å². The molecule has 0 spiro atoms. The molecule has 3 N–H and O–H groups in total. The van der Waals surface area contributed by atoms with Crippen LogP contribution in [0.2, 0.25) is 0 Å². The fourth-order valence-corrected chi connectivity index (χ4v) is 3.59. The second-order valence-electron chi connectivity index (χ2n) is 9.82. The third kappa shape index (κ3) is 9.59. The summed E-state index contributed by atoms with van der Waals surface area (Å²) in [5, 5.41) is 31.0. The van der Waals surface area contributed by atoms with Gasteiger partial charge in [-0.3, -0.25) is 0 Å². The van der Waals surface area contributed by atoms with Gasteiger partial charge in [0.25, 0.3) is 0 Å². The molecule has 0 bridgehead atoms. The zero-order chi connectivity index (χ0) is 27.7. The molecule has 202 valence electrons. The van der Waals surface area contributed by atoms with Crippen LogP contribution in [0.5, 0.6) is 5.75 Å². The van der Waals surface area contributed by atoms with E-state index < -0.39 is 42.2 Å². The lowest BCUT2D eigenvalue weighted by molar-refractivity contribution is -0.139. The average Bonchev–Trinajstić information content (AvgIpc) is 2.83. The highest BCUT2D eigenvalue weighted by Crippen LogP contribution is 2.37. The Hall–Kier alpha value is -3.29. The quantitative estimate of drug-likeness (QED) is 0.367. The van der Waals surface area contributed by atoms with Crippen LogP contribution < -0.4 is 10.1 Å². The van der Waals surface area contributed by atoms with Gasteiger partial charge in [0, 0.05) is 0 Å². The zero-order valence-corrected chi connectivity index (χ0v) is 21.2. The van der Waals surface area contributed by atoms with Crippen molar-refractivity contribution in [1.82, 2.24) is 5.32 Å². The Bertz CT molecular complexity index is 1090. The van der Waals surface area contributed by atoms with Gasteiger partial charge in [-0.25, -0.2) is 4.79 Å². The fourth-order valence-electron chi connectivity index (χ4n) is 3.59. The molecule has 0 unspecified atom stereocenters. The van der Waals surface area contributed by atoms with Crippen LogP contribution in [0.25, 0.3) is 0 Å². The largest absolute Gasteiger partial charge is 0.493 e. The molecule has 0 heterocycles. The third-order valence-electron chi connectivity index (χ3n) is 5.54. The molecule has 1 amide bonds. The number of alkyl carbamates (subject to hydrolysis) is 1. The van der Waals surface area contributed by atoms with Gasteiger partial charge in [0.15, 0.2) is 0 Å². The summed E-state index contributed by atoms with van der Waals surface area (Å²) in [5.74, 6) is -0.301. The summed E-state index contributed by atoms with van der Waals surface area (Å²) in [7, 11) is 0. The maximum absolute atomic E-state index is 13.8. The Morgan fingerprint density at radius 3 is 2.30 bits per heavy atom. The Kier molecular flexibility index (Phi) is 10.3. The summed E-state index contributed by atoms with van der Waals surface area (Å²) >= 11 is 0. The van der Waals surface area contributed by atoms with Crippen LogP contribution in [0.4, 0.5) is 18.0 Å². The summed E-state index contributed by atoms with van der Waals surface area (Å²) in [6.07, 6.45) is -4.50. The molecule has 2 aromatic rings. The van der Waals surface area contributed by atoms with E-state index in [1.54, 1.807) is 39.0 Å². The van der Waals surface area contributed by atoms with Gasteiger partial charge < -0.3 is 25.0 Å². The van der Waals surface area contributed by atoms with Gasteiger partial charge in [-0.05, 0) is 81.8 Å². The number of amides is 1. The molecule has 7 nitrogen and oxygen atoms in total. The topological polar surface area (TPSA) is 112 Å². The lowest BCUT2D eigenvalue weighted by Crippen LogP contribution is -2.55. The number of alkyl halides is 3. The van der Waals surface area contributed by atoms with E-state index in [1.807, 2.05) is 12.1 Å². The minimum Gasteiger partial charge on any atom is -0.493 e. The number of nitriles is 1. The van der Waals surface area contributed by atoms with E-state index >= 15 is 0 Å². The first-order valence-electron chi connectivity index (χ1n) is 11.9. The number of aryl methyl sites for hydroxylation is 2. The van der Waals surface area contributed by atoms with E-state index in [0.29, 0.717) is 24.0 Å². The summed E-state index contributed by atoms with van der Waals surface area (Å²) in [6.45, 7) is 3.75. The minimum absolute atomic E-state index is 0.0293. The number of benzene rings is 2. The Balaban J connectivity index is 2.07. The number of hydrogen-bond acceptors (Lipinski definition) is 6. The van der Waals surface area contributed by atoms with Crippen molar-refractivity contribution in [3.8, 4) is 11.8 Å². The molecule has 37 heavy (non-hydrogen) atoms. The Labute approximate surface area is 214 Å². The summed E-state index contributed by atoms with van der Waals surface area (Å²) in [4.78, 5) is 12.1. The molecule has 0 radical (unpaired) electrons. The van der Waals surface area contributed by atoms with Gasteiger partial charge in [0.05, 0.1) is 42.6 Å². The molecule has 0 atom stereocenters. The van der Waals surface area contributed by atoms with E-state index in [1.165, 1.54) is 12.1 Å². The first-order valence-corrected chi connectivity index (χ1v) is 11.9. The summed E-state index contributed by atoms with van der Waals surface area (Å²) in [5.41, 5.74) is -1.51. The van der Waals surface area contributed by atoms with E-state index in [4.69, 9.17) is 14.7 Å². The molecule has 0 aliphatic carbocycles. The maximum Gasteiger partial charge on any atom is 0.419 e. The number of nitrogens with zero attached hydrogens (tertiary/aromatic N) is 1. The molecular weight excluding hydrogens is 489 g/mol. The van der Waals surface area contributed by atoms with Crippen molar-refractivity contribution in [3.63, 3.8) is 0 Å². The van der Waals surface area contributed by atoms with Crippen molar-refractivity contribution >= 4 is 6.09 Å². The smallest absolute Gasteiger partial charge is 0.419 e. The number of nitrogens with one attached hydrogen (secondary N) is 1. The molecule has 0 aliphatic heterocycles. The molecule has 0 saturated carbocycles. The van der Waals surface area contributed by atoms with Gasteiger partial charge >= 0.3 is 12.3 Å². The maximum atomic E-state index is 13.8. The van der Waals surface area contributed by atoms with Gasteiger partial charge in [0.2, 0.25) is 0 Å². The van der Waals surface area contributed by atoms with Gasteiger partial charge in [-0.1, -0.05) is 18.2 Å². The van der Waals surface area contributed by atoms with Crippen LogP contribution in [-0.2, 0) is 23.8 Å². The minimum atomic E-state index is -4.66. The van der Waals surface area contributed by atoms with Crippen molar-refractivity contribution in [2.75, 3.05) is 19.8 Å². The highest BCUT2D eigenvalue weighted by Gasteiger charge is 2.36. The number of carbonyl (C=O) groups excluding carboxylic acids is 1. The van der Waals surface area contributed by atoms with Crippen molar-refractivity contribution in [2.45, 2.75) is 63.8 Å². The molecule has 0 fully saturated rings. The van der Waals surface area contributed by atoms with E-state index in [-0.39, 0.29) is 25.2 Å². The summed E-state index contributed by atoms with van der Waals surface area (Å²) < 4.78 is 51.9. The van der Waals surface area contributed by atoms with E-state index in [9.17, 15) is 28.2 Å². The molecule has 2 aromatic carbocycles. The van der Waals surface area contributed by atoms with E-state index in [2.05, 4.69) is 5.32 Å². The third-order valence-corrected chi connectivity index (χ3v) is 5.54. The highest BCUT2D eigenvalue weighted by atomic mass is 19.4. The van der Waals surface area contributed by atoms with Crippen LogP contribution in [0.15, 0.2) is 42.5 Å². The monoisotopic (exact) mass is 522 g/mol. The lowest BCUT2D eigenvalue weighted by atomic mass is 9.92. The van der Waals surface area contributed by atoms with Crippen LogP contribution in [0.1, 0.15) is 55.9 Å². The van der Waals surface area contributed by atoms with Crippen molar-refractivity contribution in [2.24, 2.45) is 0 Å². The number of halogens is 3. The van der Waals surface area contributed by atoms with Crippen molar-refractivity contribution in [3.05, 3.63) is 64.7 Å². The number of carbonyl (C=O) groups is 1. The summed E-state index contributed by atoms with van der Waals surface area (Å²) in [6, 6.07) is 12.7. The molecule has 0 aromatic heterocycles. The molecule has 10 heteroatoms. The first-order chi connectivity index (χ1) is 17.3. The zero-order valence-electron chi connectivity index (χ0n) is 21.2. The second-order valence-corrected chi connectivity index (χ2v) is 9.82. The van der Waals surface area contributed by atoms with E-state index in [0.717, 1.165) is 11.6 Å². The Morgan fingerprint density at radius 2 is 1.70 bits per heavy atom. The van der Waals surface area contributed by atoms with Crippen LogP contribution in [0.3, 0.4) is 0 Å². The van der Waals surface area contributed by atoms with Gasteiger partial charge in [0.1, 0.15) is 11.4 Å². The number of rotatable bonds is 11. The average molecular weight is 523 g/mol. The lowest BCUT2D eigenvalue weighted by Gasteiger charge is -2.32. The number of aliphatic hydroxyl groups excluding tert-OH is 2. The first kappa shape index (κ1) is 29.9. The standard InChI is InChI=1S/C27H33F3N2O5/c1-25(2,3)37-24(35)32-26(17-33,18-34)12-11-20-9-10-23(22(15-20)27(28,29)30)36-13-5-8-19-6-4-7-21(14-19)16-31/h4,6-7,9-10,14-15,33-34H,5,8,11-13,17-18H2,1-3H3,(H,32,35). The number of ether oxygens (including phenoxy) is 2. The SMILES string of the molecule is CC(C)(C)OC(=O)NC(CO)(CO)CCc1ccc(OCCCc2cccc(C#N)c2)c(C(F)(F)F)c1. The molecule has 0 aliphatic rings. The van der Waals surface area contributed by atoms with Crippen LogP contribution in [0, 0.1) is 11.3 Å². The van der Waals surface area contributed by atoms with Gasteiger partial charge in [-0.2, -0.15) is 18.4 Å². The van der Waals surface area contributed by atoms with Crippen molar-refractivity contribution in [1.29, 1.82) is 5.26 Å². The highest BCUT2D eigenvalue weighted by molar-refractivity contribution is 5.68. The number of aliphatic hydroxyl groups is 2. The number of hydrogen-bond donors (Lipinski definition) is 3. The van der Waals surface area contributed by atoms with Crippen molar-refractivity contribution < 1.29 is 37.7 Å². The predicted molar refractivity (Wildman–Crippen MR) is 131 cm³/mol. The molecular formula is C27H33F3N2O5.